The molecule has 0 bridgehead atoms. The van der Waals surface area contributed by atoms with Crippen LogP contribution in [0.2, 0.25) is 5.04 Å². The van der Waals surface area contributed by atoms with Crippen molar-refractivity contribution in [2.45, 2.75) is 81.8 Å². The van der Waals surface area contributed by atoms with Gasteiger partial charge in [-0.3, -0.25) is 10.1 Å². The number of nitrogens with zero attached hydrogens (tertiary/aromatic N) is 1. The number of ether oxygens (including phenoxy) is 1. The van der Waals surface area contributed by atoms with Crippen molar-refractivity contribution in [3.8, 4) is 0 Å². The molecule has 1 aromatic heterocycles. The maximum Gasteiger partial charge on any atom is 0.284 e. The monoisotopic (exact) mass is 629 g/mol. The molecule has 42 heavy (non-hydrogen) atoms. The molecule has 4 rings (SSSR count). The number of aromatic nitrogens is 1. The SMILES string of the molecule is CC(C)(CO[Si](c1ccccc1)(c1ccccc1)C(C)(C)C)c1csc(NC(=O)C(C)(C)[S+](=O)(O)C2CCOCC2)n1. The largest absolute Gasteiger partial charge is 0.406 e. The van der Waals surface area contributed by atoms with Gasteiger partial charge >= 0.3 is 0 Å². The van der Waals surface area contributed by atoms with Crippen LogP contribution < -0.4 is 15.7 Å². The normalized spacial score (nSPS) is 17.0. The topological polar surface area (TPSA) is 97.8 Å². The Kier molecular flexibility index (Phi) is 9.67. The van der Waals surface area contributed by atoms with Gasteiger partial charge in [-0.2, -0.15) is 4.55 Å². The Labute approximate surface area is 256 Å². The maximum atomic E-state index is 13.5. The summed E-state index contributed by atoms with van der Waals surface area (Å²) in [6.07, 6.45) is 0.930. The quantitative estimate of drug-likeness (QED) is 0.215. The summed E-state index contributed by atoms with van der Waals surface area (Å²) >= 11 is 1.32. The zero-order chi connectivity index (χ0) is 30.8. The Morgan fingerprint density at radius 3 is 2.02 bits per heavy atom. The van der Waals surface area contributed by atoms with Crippen LogP contribution in [0.15, 0.2) is 66.0 Å². The predicted octanol–water partition coefficient (Wildman–Crippen LogP) is 5.87. The van der Waals surface area contributed by atoms with Gasteiger partial charge < -0.3 is 9.16 Å². The van der Waals surface area contributed by atoms with Crippen LogP contribution in [0.3, 0.4) is 0 Å². The van der Waals surface area contributed by atoms with Crippen LogP contribution in [-0.2, 0) is 33.8 Å². The van der Waals surface area contributed by atoms with Crippen molar-refractivity contribution < 1.29 is 22.7 Å². The van der Waals surface area contributed by atoms with E-state index < -0.39 is 39.9 Å². The maximum absolute atomic E-state index is 13.5. The third kappa shape index (κ3) is 6.34. The number of hydrogen-bond acceptors (Lipinski definition) is 6. The number of amides is 1. The lowest BCUT2D eigenvalue weighted by molar-refractivity contribution is -0.118. The fraction of sp³-hybridized carbons (Fsp3) is 0.500. The molecule has 0 aliphatic carbocycles. The summed E-state index contributed by atoms with van der Waals surface area (Å²) in [6, 6.07) is 21.1. The molecule has 7 nitrogen and oxygen atoms in total. The number of thiazole rings is 1. The first-order valence-electron chi connectivity index (χ1n) is 14.5. The summed E-state index contributed by atoms with van der Waals surface area (Å²) in [5.74, 6) is -0.510. The minimum absolute atomic E-state index is 0.152. The Morgan fingerprint density at radius 2 is 1.52 bits per heavy atom. The average Bonchev–Trinajstić information content (AvgIpc) is 3.44. The molecule has 2 aromatic carbocycles. The molecule has 1 fully saturated rings. The fourth-order valence-electron chi connectivity index (χ4n) is 5.56. The standard InChI is InChI=1S/C32H44N2O5S2Si/c1-30(2,3)42(25-14-10-8-11-15-25,26-16-12-9-13-17-26)39-23-31(4,5)27-22-40-29(33-27)34-28(35)32(6,7)41(36,37)24-18-20-38-21-19-24/h8-17,22,24H,18-21,23H2,1-7H3,(H-,33,34,35,36,37)/p+1. The van der Waals surface area contributed by atoms with Gasteiger partial charge in [-0.25, -0.2) is 4.98 Å². The summed E-state index contributed by atoms with van der Waals surface area (Å²) in [6.45, 7) is 15.3. The number of anilines is 1. The number of rotatable bonds is 10. The smallest absolute Gasteiger partial charge is 0.284 e. The summed E-state index contributed by atoms with van der Waals surface area (Å²) in [7, 11) is -6.21. The van der Waals surface area contributed by atoms with E-state index in [1.54, 1.807) is 0 Å². The molecule has 0 saturated carbocycles. The van der Waals surface area contributed by atoms with Gasteiger partial charge in [0.25, 0.3) is 14.2 Å². The minimum atomic E-state index is -3.47. The highest BCUT2D eigenvalue weighted by Crippen LogP contribution is 2.39. The molecule has 0 radical (unpaired) electrons. The lowest BCUT2D eigenvalue weighted by Gasteiger charge is -2.44. The highest BCUT2D eigenvalue weighted by molar-refractivity contribution is 8.00. The lowest BCUT2D eigenvalue weighted by Crippen LogP contribution is -2.67. The van der Waals surface area contributed by atoms with Gasteiger partial charge in [-0.1, -0.05) is 99.5 Å². The molecular formula is C32H45N2O5S2Si+. The van der Waals surface area contributed by atoms with E-state index >= 15 is 0 Å². The molecule has 1 amide bonds. The van der Waals surface area contributed by atoms with Crippen LogP contribution in [0.25, 0.3) is 0 Å². The van der Waals surface area contributed by atoms with E-state index in [0.717, 1.165) is 5.69 Å². The fourth-order valence-corrected chi connectivity index (χ4v) is 13.2. The zero-order valence-electron chi connectivity index (χ0n) is 25.8. The molecule has 228 valence electrons. The van der Waals surface area contributed by atoms with Gasteiger partial charge in [0.1, 0.15) is 0 Å². The third-order valence-electron chi connectivity index (χ3n) is 8.38. The van der Waals surface area contributed by atoms with Gasteiger partial charge in [0.2, 0.25) is 15.0 Å². The predicted molar refractivity (Wildman–Crippen MR) is 176 cm³/mol. The van der Waals surface area contributed by atoms with Gasteiger partial charge in [0.05, 0.1) is 18.9 Å². The van der Waals surface area contributed by atoms with Gasteiger partial charge in [0, 0.05) is 30.2 Å². The van der Waals surface area contributed by atoms with E-state index in [9.17, 15) is 13.6 Å². The third-order valence-corrected chi connectivity index (χ3v) is 17.1. The highest BCUT2D eigenvalue weighted by atomic mass is 32.3. The van der Waals surface area contributed by atoms with Crippen LogP contribution >= 0.6 is 11.3 Å². The molecule has 1 aliphatic heterocycles. The van der Waals surface area contributed by atoms with E-state index in [4.69, 9.17) is 14.1 Å². The first-order valence-corrected chi connectivity index (χ1v) is 18.8. The number of benzene rings is 2. The Balaban J connectivity index is 1.56. The molecule has 1 unspecified atom stereocenters. The molecule has 2 N–H and O–H groups in total. The number of hydrogen-bond donors (Lipinski definition) is 2. The second kappa shape index (κ2) is 12.4. The van der Waals surface area contributed by atoms with Gasteiger partial charge in [-0.05, 0) is 29.3 Å². The van der Waals surface area contributed by atoms with Crippen molar-refractivity contribution >= 4 is 51.3 Å². The molecule has 10 heteroatoms. The van der Waals surface area contributed by atoms with Gasteiger partial charge in [0.15, 0.2) is 10.4 Å². The Hall–Kier alpha value is -2.21. The average molecular weight is 630 g/mol. The van der Waals surface area contributed by atoms with E-state index in [2.05, 4.69) is 88.5 Å². The Bertz CT molecular complexity index is 1360. The minimum Gasteiger partial charge on any atom is -0.406 e. The van der Waals surface area contributed by atoms with E-state index in [0.29, 0.717) is 37.8 Å². The van der Waals surface area contributed by atoms with Gasteiger partial charge in [-0.15, -0.1) is 11.3 Å². The summed E-state index contributed by atoms with van der Waals surface area (Å²) < 4.78 is 35.5. The molecule has 1 aliphatic rings. The zero-order valence-corrected chi connectivity index (χ0v) is 28.4. The van der Waals surface area contributed by atoms with E-state index in [-0.39, 0.29) is 5.04 Å². The Morgan fingerprint density at radius 1 is 1.00 bits per heavy atom. The second-order valence-corrected chi connectivity index (χ2v) is 21.2. The van der Waals surface area contributed by atoms with Crippen LogP contribution in [0, 0.1) is 0 Å². The van der Waals surface area contributed by atoms with Crippen LogP contribution in [0.1, 0.15) is 67.0 Å². The second-order valence-electron chi connectivity index (χ2n) is 13.2. The number of carbonyl (C=O) groups excluding carboxylic acids is 1. The first kappa shape index (κ1) is 32.7. The van der Waals surface area contributed by atoms with E-state index in [1.807, 2.05) is 17.5 Å². The molecule has 1 atom stereocenters. The molecule has 0 spiro atoms. The van der Waals surface area contributed by atoms with Crippen molar-refractivity contribution in [2.24, 2.45) is 0 Å². The summed E-state index contributed by atoms with van der Waals surface area (Å²) in [5, 5.41) is 6.98. The molecule has 2 heterocycles. The first-order chi connectivity index (χ1) is 19.6. The van der Waals surface area contributed by atoms with Crippen molar-refractivity contribution in [1.82, 2.24) is 4.98 Å². The molecule has 3 aromatic rings. The molecule has 1 saturated heterocycles. The van der Waals surface area contributed by atoms with Crippen molar-refractivity contribution in [3.63, 3.8) is 0 Å². The highest BCUT2D eigenvalue weighted by Gasteiger charge is 2.57. The lowest BCUT2D eigenvalue weighted by atomic mass is 9.92. The number of carbonyl (C=O) groups is 1. The van der Waals surface area contributed by atoms with Crippen molar-refractivity contribution in [2.75, 3.05) is 25.1 Å². The summed E-state index contributed by atoms with van der Waals surface area (Å²) in [4.78, 5) is 18.1. The summed E-state index contributed by atoms with van der Waals surface area (Å²) in [5.41, 5.74) is 0.335. The van der Waals surface area contributed by atoms with Crippen molar-refractivity contribution in [3.05, 3.63) is 71.7 Å². The van der Waals surface area contributed by atoms with Crippen LogP contribution in [0.5, 0.6) is 0 Å². The molecular weight excluding hydrogens is 585 g/mol. The number of nitrogens with one attached hydrogen (secondary N) is 1. The van der Waals surface area contributed by atoms with E-state index in [1.165, 1.54) is 35.6 Å². The van der Waals surface area contributed by atoms with Crippen LogP contribution in [-0.4, -0.2) is 53.6 Å². The van der Waals surface area contributed by atoms with Crippen LogP contribution in [0.4, 0.5) is 5.13 Å². The van der Waals surface area contributed by atoms with Crippen molar-refractivity contribution in [1.29, 1.82) is 0 Å².